The first kappa shape index (κ1) is 13.4. The van der Waals surface area contributed by atoms with Crippen LogP contribution in [0.25, 0.3) is 0 Å². The molecule has 102 valence electrons. The quantitative estimate of drug-likeness (QED) is 0.875. The van der Waals surface area contributed by atoms with E-state index in [1.54, 1.807) is 13.3 Å². The third kappa shape index (κ3) is 3.05. The summed E-state index contributed by atoms with van der Waals surface area (Å²) in [4.78, 5) is 0. The molecule has 1 aromatic rings. The Morgan fingerprint density at radius 1 is 1.44 bits per heavy atom. The summed E-state index contributed by atoms with van der Waals surface area (Å²) in [6, 6.07) is 0.0365. The fourth-order valence-corrected chi connectivity index (χ4v) is 3.03. The van der Waals surface area contributed by atoms with Crippen LogP contribution in [0.15, 0.2) is 6.20 Å². The van der Waals surface area contributed by atoms with E-state index in [9.17, 15) is 0 Å². The van der Waals surface area contributed by atoms with E-state index in [0.29, 0.717) is 0 Å². The molecule has 0 aromatic carbocycles. The predicted octanol–water partition coefficient (Wildman–Crippen LogP) is 2.79. The van der Waals surface area contributed by atoms with E-state index in [-0.39, 0.29) is 6.04 Å². The first-order valence-electron chi connectivity index (χ1n) is 7.04. The van der Waals surface area contributed by atoms with Gasteiger partial charge in [-0.05, 0) is 18.8 Å². The van der Waals surface area contributed by atoms with Crippen LogP contribution in [0.5, 0.6) is 5.75 Å². The number of ether oxygens (including phenoxy) is 1. The van der Waals surface area contributed by atoms with E-state index in [0.717, 1.165) is 23.8 Å². The number of hydrogen-bond acceptors (Lipinski definition) is 3. The zero-order valence-corrected chi connectivity index (χ0v) is 11.6. The molecule has 1 unspecified atom stereocenters. The monoisotopic (exact) mass is 251 g/mol. The highest BCUT2D eigenvalue weighted by atomic mass is 16.5. The molecule has 1 fully saturated rings. The average molecular weight is 251 g/mol. The van der Waals surface area contributed by atoms with Gasteiger partial charge in [0.25, 0.3) is 0 Å². The number of nitrogens with zero attached hydrogens (tertiary/aromatic N) is 2. The van der Waals surface area contributed by atoms with Gasteiger partial charge in [-0.2, -0.15) is 5.10 Å². The molecule has 4 nitrogen and oxygen atoms in total. The lowest BCUT2D eigenvalue weighted by molar-refractivity contribution is 0.319. The van der Waals surface area contributed by atoms with Crippen molar-refractivity contribution in [3.63, 3.8) is 0 Å². The maximum absolute atomic E-state index is 6.29. The molecule has 18 heavy (non-hydrogen) atoms. The topological polar surface area (TPSA) is 53.1 Å². The van der Waals surface area contributed by atoms with Crippen molar-refractivity contribution in [2.75, 3.05) is 7.11 Å². The van der Waals surface area contributed by atoms with Gasteiger partial charge in [0.1, 0.15) is 0 Å². The number of nitrogens with two attached hydrogens (primary N) is 1. The minimum absolute atomic E-state index is 0.0365. The maximum atomic E-state index is 6.29. The number of rotatable bonds is 5. The van der Waals surface area contributed by atoms with Gasteiger partial charge in [0.15, 0.2) is 5.75 Å². The Balaban J connectivity index is 1.90. The van der Waals surface area contributed by atoms with Crippen LogP contribution in [0, 0.1) is 5.92 Å². The zero-order valence-electron chi connectivity index (χ0n) is 11.6. The molecule has 1 aliphatic carbocycles. The lowest BCUT2D eigenvalue weighted by atomic mass is 9.85. The fraction of sp³-hybridized carbons (Fsp3) is 0.786. The van der Waals surface area contributed by atoms with Crippen molar-refractivity contribution in [3.8, 4) is 5.75 Å². The van der Waals surface area contributed by atoms with Crippen LogP contribution in [0.3, 0.4) is 0 Å². The summed E-state index contributed by atoms with van der Waals surface area (Å²) in [5.74, 6) is 1.69. The molecule has 0 spiro atoms. The SMILES string of the molecule is COc1cnn(C)c1C(N)CCC1CCCCC1. The molecule has 0 saturated heterocycles. The van der Waals surface area contributed by atoms with Gasteiger partial charge in [0, 0.05) is 7.05 Å². The van der Waals surface area contributed by atoms with Gasteiger partial charge in [-0.25, -0.2) is 0 Å². The van der Waals surface area contributed by atoms with Gasteiger partial charge < -0.3 is 10.5 Å². The minimum atomic E-state index is 0.0365. The Hall–Kier alpha value is -1.03. The molecule has 1 saturated carbocycles. The van der Waals surface area contributed by atoms with E-state index in [4.69, 9.17) is 10.5 Å². The molecular formula is C14H25N3O. The lowest BCUT2D eigenvalue weighted by Crippen LogP contribution is -2.17. The second-order valence-corrected chi connectivity index (χ2v) is 5.41. The van der Waals surface area contributed by atoms with Crippen molar-refractivity contribution >= 4 is 0 Å². The number of aromatic nitrogens is 2. The molecule has 0 radical (unpaired) electrons. The smallest absolute Gasteiger partial charge is 0.161 e. The third-order valence-corrected chi connectivity index (χ3v) is 4.13. The Morgan fingerprint density at radius 2 is 2.17 bits per heavy atom. The van der Waals surface area contributed by atoms with Gasteiger partial charge in [-0.1, -0.05) is 32.1 Å². The highest BCUT2D eigenvalue weighted by Crippen LogP contribution is 2.31. The standard InChI is InChI=1S/C14H25N3O/c1-17-14(13(18-2)10-16-17)12(15)9-8-11-6-4-3-5-7-11/h10-12H,3-9,15H2,1-2H3. The molecule has 0 aliphatic heterocycles. The first-order chi connectivity index (χ1) is 8.72. The minimum Gasteiger partial charge on any atom is -0.493 e. The fourth-order valence-electron chi connectivity index (χ4n) is 3.03. The van der Waals surface area contributed by atoms with Crippen LogP contribution in [0.1, 0.15) is 56.7 Å². The molecule has 1 aromatic heterocycles. The molecule has 4 heteroatoms. The molecule has 2 rings (SSSR count). The van der Waals surface area contributed by atoms with Crippen LogP contribution in [0.4, 0.5) is 0 Å². The summed E-state index contributed by atoms with van der Waals surface area (Å²) < 4.78 is 7.15. The Morgan fingerprint density at radius 3 is 2.83 bits per heavy atom. The summed E-state index contributed by atoms with van der Waals surface area (Å²) >= 11 is 0. The van der Waals surface area contributed by atoms with E-state index in [2.05, 4.69) is 5.10 Å². The second-order valence-electron chi connectivity index (χ2n) is 5.41. The van der Waals surface area contributed by atoms with Crippen molar-refractivity contribution in [2.24, 2.45) is 18.7 Å². The number of aryl methyl sites for hydroxylation is 1. The molecule has 1 aliphatic rings. The summed E-state index contributed by atoms with van der Waals surface area (Å²) in [5.41, 5.74) is 7.31. The van der Waals surface area contributed by atoms with Crippen molar-refractivity contribution in [1.82, 2.24) is 9.78 Å². The first-order valence-corrected chi connectivity index (χ1v) is 7.04. The number of hydrogen-bond donors (Lipinski definition) is 1. The highest BCUT2D eigenvalue weighted by molar-refractivity contribution is 5.27. The van der Waals surface area contributed by atoms with Crippen LogP contribution >= 0.6 is 0 Å². The normalized spacial score (nSPS) is 18.8. The molecule has 1 heterocycles. The van der Waals surface area contributed by atoms with Gasteiger partial charge in [-0.15, -0.1) is 0 Å². The predicted molar refractivity (Wildman–Crippen MR) is 72.5 cm³/mol. The highest BCUT2D eigenvalue weighted by Gasteiger charge is 2.19. The second kappa shape index (κ2) is 6.23. The summed E-state index contributed by atoms with van der Waals surface area (Å²) in [6.45, 7) is 0. The lowest BCUT2D eigenvalue weighted by Gasteiger charge is -2.23. The summed E-state index contributed by atoms with van der Waals surface area (Å²) in [6.07, 6.45) is 11.0. The zero-order chi connectivity index (χ0) is 13.0. The van der Waals surface area contributed by atoms with Crippen LogP contribution in [-0.4, -0.2) is 16.9 Å². The van der Waals surface area contributed by atoms with Gasteiger partial charge in [-0.3, -0.25) is 4.68 Å². The van der Waals surface area contributed by atoms with Crippen LogP contribution < -0.4 is 10.5 Å². The molecule has 1 atom stereocenters. The van der Waals surface area contributed by atoms with Crippen LogP contribution in [-0.2, 0) is 7.05 Å². The van der Waals surface area contributed by atoms with Crippen molar-refractivity contribution in [1.29, 1.82) is 0 Å². The third-order valence-electron chi connectivity index (χ3n) is 4.13. The van der Waals surface area contributed by atoms with E-state index in [1.807, 2.05) is 11.7 Å². The average Bonchev–Trinajstić information content (AvgIpc) is 2.78. The Bertz CT molecular complexity index is 369. The Labute approximate surface area is 110 Å². The molecule has 0 amide bonds. The van der Waals surface area contributed by atoms with Crippen molar-refractivity contribution in [3.05, 3.63) is 11.9 Å². The van der Waals surface area contributed by atoms with Gasteiger partial charge >= 0.3 is 0 Å². The van der Waals surface area contributed by atoms with Gasteiger partial charge in [0.05, 0.1) is 25.0 Å². The summed E-state index contributed by atoms with van der Waals surface area (Å²) in [7, 11) is 3.60. The largest absolute Gasteiger partial charge is 0.493 e. The van der Waals surface area contributed by atoms with E-state index in [1.165, 1.54) is 38.5 Å². The number of methoxy groups -OCH3 is 1. The van der Waals surface area contributed by atoms with Crippen LogP contribution in [0.2, 0.25) is 0 Å². The Kier molecular flexibility index (Phi) is 4.64. The van der Waals surface area contributed by atoms with E-state index >= 15 is 0 Å². The van der Waals surface area contributed by atoms with Crippen molar-refractivity contribution in [2.45, 2.75) is 51.0 Å². The molecule has 2 N–H and O–H groups in total. The molecular weight excluding hydrogens is 226 g/mol. The van der Waals surface area contributed by atoms with E-state index < -0.39 is 0 Å². The van der Waals surface area contributed by atoms with Gasteiger partial charge in [0.2, 0.25) is 0 Å². The van der Waals surface area contributed by atoms with Crippen molar-refractivity contribution < 1.29 is 4.74 Å². The molecule has 0 bridgehead atoms. The maximum Gasteiger partial charge on any atom is 0.161 e. The summed E-state index contributed by atoms with van der Waals surface area (Å²) in [5, 5.41) is 4.21.